The van der Waals surface area contributed by atoms with Crippen molar-refractivity contribution >= 4 is 0 Å². The van der Waals surface area contributed by atoms with Gasteiger partial charge in [-0.2, -0.15) is 0 Å². The predicted octanol–water partition coefficient (Wildman–Crippen LogP) is 1.76. The largest absolute Gasteiger partial charge is 0.324 e. The average Bonchev–Trinajstić information content (AvgIpc) is 2.61. The van der Waals surface area contributed by atoms with Gasteiger partial charge in [-0.25, -0.2) is 0 Å². The van der Waals surface area contributed by atoms with Crippen molar-refractivity contribution < 1.29 is 0 Å². The summed E-state index contributed by atoms with van der Waals surface area (Å²) in [6.45, 7) is 7.20. The van der Waals surface area contributed by atoms with Gasteiger partial charge in [-0.15, -0.1) is 0 Å². The van der Waals surface area contributed by atoms with Crippen molar-refractivity contribution in [3.63, 3.8) is 0 Å². The molecule has 2 unspecified atom stereocenters. The van der Waals surface area contributed by atoms with E-state index in [2.05, 4.69) is 30.9 Å². The summed E-state index contributed by atoms with van der Waals surface area (Å²) in [5, 5.41) is 0. The van der Waals surface area contributed by atoms with Crippen LogP contribution in [-0.2, 0) is 0 Å². The monoisotopic (exact) mass is 194 g/mol. The molecule has 0 aromatic carbocycles. The second-order valence-corrected chi connectivity index (χ2v) is 5.41. The molecule has 0 radical (unpaired) electrons. The molecule has 80 valence electrons. The van der Waals surface area contributed by atoms with Crippen LogP contribution in [0.5, 0.6) is 0 Å². The maximum atomic E-state index is 5.86. The molecule has 0 aromatic rings. The van der Waals surface area contributed by atoms with Crippen LogP contribution in [0.1, 0.15) is 33.1 Å². The average molecular weight is 194 g/mol. The first-order valence-electron chi connectivity index (χ1n) is 5.77. The molecule has 1 aliphatic heterocycles. The van der Waals surface area contributed by atoms with Crippen molar-refractivity contribution in [1.29, 1.82) is 0 Å². The first-order chi connectivity index (χ1) is 6.58. The molecule has 1 fully saturated rings. The van der Waals surface area contributed by atoms with Gasteiger partial charge >= 0.3 is 0 Å². The van der Waals surface area contributed by atoms with Gasteiger partial charge in [-0.1, -0.05) is 12.2 Å². The van der Waals surface area contributed by atoms with Crippen LogP contribution in [0, 0.1) is 5.92 Å². The second kappa shape index (κ2) is 3.67. The van der Waals surface area contributed by atoms with Gasteiger partial charge in [-0.3, -0.25) is 4.90 Å². The van der Waals surface area contributed by atoms with Gasteiger partial charge in [-0.05, 0) is 45.6 Å². The van der Waals surface area contributed by atoms with Crippen molar-refractivity contribution in [2.45, 2.75) is 44.7 Å². The zero-order valence-electron chi connectivity index (χ0n) is 9.37. The Labute approximate surface area is 87.2 Å². The third-order valence-corrected chi connectivity index (χ3v) is 3.73. The van der Waals surface area contributed by atoms with Crippen molar-refractivity contribution in [2.75, 3.05) is 13.1 Å². The minimum absolute atomic E-state index is 0.311. The molecular formula is C12H22N2. The molecule has 0 saturated carbocycles. The van der Waals surface area contributed by atoms with Crippen molar-refractivity contribution in [3.05, 3.63) is 12.2 Å². The Morgan fingerprint density at radius 1 is 1.43 bits per heavy atom. The zero-order chi connectivity index (χ0) is 10.2. The van der Waals surface area contributed by atoms with Crippen LogP contribution in [-0.4, -0.2) is 29.6 Å². The Morgan fingerprint density at radius 3 is 2.71 bits per heavy atom. The number of likely N-dealkylation sites (tertiary alicyclic amines) is 1. The SMILES string of the molecule is CC1(C)CCCN1CC1C=CC(N)C1. The quantitative estimate of drug-likeness (QED) is 0.679. The van der Waals surface area contributed by atoms with E-state index in [1.807, 2.05) is 0 Å². The van der Waals surface area contributed by atoms with E-state index >= 15 is 0 Å². The maximum absolute atomic E-state index is 5.86. The highest BCUT2D eigenvalue weighted by atomic mass is 15.2. The minimum atomic E-state index is 0.311. The molecule has 2 heteroatoms. The number of rotatable bonds is 2. The standard InChI is InChI=1S/C12H22N2/c1-12(2)6-3-7-14(12)9-10-4-5-11(13)8-10/h4-5,10-11H,3,6-9,13H2,1-2H3. The fourth-order valence-electron chi connectivity index (χ4n) is 2.73. The molecular weight excluding hydrogens is 172 g/mol. The Balaban J connectivity index is 1.89. The molecule has 2 atom stereocenters. The smallest absolute Gasteiger partial charge is 0.0229 e. The summed E-state index contributed by atoms with van der Waals surface area (Å²) in [6, 6.07) is 0.311. The molecule has 2 rings (SSSR count). The Morgan fingerprint density at radius 2 is 2.21 bits per heavy atom. The first-order valence-corrected chi connectivity index (χ1v) is 5.77. The van der Waals surface area contributed by atoms with Crippen LogP contribution in [0.15, 0.2) is 12.2 Å². The second-order valence-electron chi connectivity index (χ2n) is 5.41. The van der Waals surface area contributed by atoms with Crippen LogP contribution in [0.3, 0.4) is 0 Å². The molecule has 0 spiro atoms. The molecule has 0 amide bonds. The normalized spacial score (nSPS) is 36.8. The molecule has 14 heavy (non-hydrogen) atoms. The third kappa shape index (κ3) is 2.01. The molecule has 2 aliphatic rings. The van der Waals surface area contributed by atoms with Crippen molar-refractivity contribution in [1.82, 2.24) is 4.90 Å². The number of nitrogens with two attached hydrogens (primary N) is 1. The highest BCUT2D eigenvalue weighted by molar-refractivity contribution is 5.06. The van der Waals surface area contributed by atoms with Gasteiger partial charge in [0.15, 0.2) is 0 Å². The van der Waals surface area contributed by atoms with E-state index in [0.29, 0.717) is 17.5 Å². The minimum Gasteiger partial charge on any atom is -0.324 e. The van der Waals surface area contributed by atoms with E-state index in [9.17, 15) is 0 Å². The van der Waals surface area contributed by atoms with Crippen LogP contribution in [0.2, 0.25) is 0 Å². The molecule has 2 nitrogen and oxygen atoms in total. The van der Waals surface area contributed by atoms with Gasteiger partial charge in [0, 0.05) is 18.1 Å². The van der Waals surface area contributed by atoms with Gasteiger partial charge in [0.1, 0.15) is 0 Å². The first kappa shape index (κ1) is 10.2. The summed E-state index contributed by atoms with van der Waals surface area (Å²) in [5.41, 5.74) is 6.28. The van der Waals surface area contributed by atoms with Crippen molar-refractivity contribution in [3.8, 4) is 0 Å². The lowest BCUT2D eigenvalue weighted by Crippen LogP contribution is -2.41. The summed E-state index contributed by atoms with van der Waals surface area (Å²) in [7, 11) is 0. The Kier molecular flexibility index (Phi) is 2.67. The Bertz CT molecular complexity index is 232. The van der Waals surface area contributed by atoms with Gasteiger partial charge in [0.2, 0.25) is 0 Å². The Hall–Kier alpha value is -0.340. The van der Waals surface area contributed by atoms with Crippen LogP contribution < -0.4 is 5.73 Å². The topological polar surface area (TPSA) is 29.3 Å². The highest BCUT2D eigenvalue weighted by Gasteiger charge is 2.33. The summed E-state index contributed by atoms with van der Waals surface area (Å²) in [6.07, 6.45) is 8.31. The number of nitrogens with zero attached hydrogens (tertiary/aromatic N) is 1. The molecule has 2 N–H and O–H groups in total. The van der Waals surface area contributed by atoms with E-state index < -0.39 is 0 Å². The van der Waals surface area contributed by atoms with Crippen LogP contribution in [0.25, 0.3) is 0 Å². The van der Waals surface area contributed by atoms with E-state index in [1.54, 1.807) is 0 Å². The fourth-order valence-corrected chi connectivity index (χ4v) is 2.73. The highest BCUT2D eigenvalue weighted by Crippen LogP contribution is 2.30. The molecule has 1 saturated heterocycles. The zero-order valence-corrected chi connectivity index (χ0v) is 9.37. The summed E-state index contributed by atoms with van der Waals surface area (Å²) in [5.74, 6) is 0.697. The predicted molar refractivity (Wildman–Crippen MR) is 60.1 cm³/mol. The lowest BCUT2D eigenvalue weighted by Gasteiger charge is -2.33. The van der Waals surface area contributed by atoms with E-state index in [-0.39, 0.29) is 0 Å². The van der Waals surface area contributed by atoms with E-state index in [1.165, 1.54) is 25.9 Å². The maximum Gasteiger partial charge on any atom is 0.0229 e. The van der Waals surface area contributed by atoms with Gasteiger partial charge in [0.05, 0.1) is 0 Å². The lowest BCUT2D eigenvalue weighted by molar-refractivity contribution is 0.157. The summed E-state index contributed by atoms with van der Waals surface area (Å²) in [4.78, 5) is 2.63. The molecule has 1 aliphatic carbocycles. The van der Waals surface area contributed by atoms with Crippen molar-refractivity contribution in [2.24, 2.45) is 11.7 Å². The number of hydrogen-bond donors (Lipinski definition) is 1. The van der Waals surface area contributed by atoms with E-state index in [0.717, 1.165) is 6.42 Å². The molecule has 1 heterocycles. The summed E-state index contributed by atoms with van der Waals surface area (Å²) < 4.78 is 0. The van der Waals surface area contributed by atoms with Gasteiger partial charge in [0.25, 0.3) is 0 Å². The molecule has 0 bridgehead atoms. The third-order valence-electron chi connectivity index (χ3n) is 3.73. The van der Waals surface area contributed by atoms with Crippen LogP contribution in [0.4, 0.5) is 0 Å². The summed E-state index contributed by atoms with van der Waals surface area (Å²) >= 11 is 0. The van der Waals surface area contributed by atoms with Gasteiger partial charge < -0.3 is 5.73 Å². The lowest BCUT2D eigenvalue weighted by atomic mass is 10.00. The van der Waals surface area contributed by atoms with Crippen LogP contribution >= 0.6 is 0 Å². The van der Waals surface area contributed by atoms with E-state index in [4.69, 9.17) is 5.73 Å². The fraction of sp³-hybridized carbons (Fsp3) is 0.833. The number of hydrogen-bond acceptors (Lipinski definition) is 2. The molecule has 0 aromatic heterocycles.